The van der Waals surface area contributed by atoms with Crippen LogP contribution in [-0.2, 0) is 4.79 Å². The second kappa shape index (κ2) is 5.13. The highest BCUT2D eigenvalue weighted by Gasteiger charge is 2.43. The molecule has 3 nitrogen and oxygen atoms in total. The van der Waals surface area contributed by atoms with E-state index >= 15 is 0 Å². The van der Waals surface area contributed by atoms with Gasteiger partial charge < -0.3 is 10.2 Å². The molecular formula is C15H18F2N2O. The summed E-state index contributed by atoms with van der Waals surface area (Å²) in [6, 6.07) is 3.04. The summed E-state index contributed by atoms with van der Waals surface area (Å²) in [5.74, 6) is -0.558. The fourth-order valence-corrected chi connectivity index (χ4v) is 3.54. The highest BCUT2D eigenvalue weighted by atomic mass is 19.1. The molecule has 1 aliphatic heterocycles. The molecule has 3 atom stereocenters. The number of nitrogens with one attached hydrogen (secondary N) is 1. The lowest BCUT2D eigenvalue weighted by molar-refractivity contribution is -0.121. The van der Waals surface area contributed by atoms with Crippen LogP contribution >= 0.6 is 0 Å². The topological polar surface area (TPSA) is 32.3 Å². The van der Waals surface area contributed by atoms with Crippen molar-refractivity contribution in [2.24, 2.45) is 11.8 Å². The Morgan fingerprint density at radius 1 is 1.35 bits per heavy atom. The van der Waals surface area contributed by atoms with Crippen LogP contribution < -0.4 is 10.2 Å². The minimum Gasteiger partial charge on any atom is -0.311 e. The van der Waals surface area contributed by atoms with Crippen LogP contribution in [0.2, 0.25) is 0 Å². The number of hydrogen-bond donors (Lipinski definition) is 1. The van der Waals surface area contributed by atoms with Crippen molar-refractivity contribution in [3.8, 4) is 0 Å². The molecule has 1 amide bonds. The monoisotopic (exact) mass is 280 g/mol. The number of hydrogen-bond acceptors (Lipinski definition) is 2. The minimum absolute atomic E-state index is 0.125. The molecule has 1 aliphatic carbocycles. The second-order valence-electron chi connectivity index (χ2n) is 5.73. The van der Waals surface area contributed by atoms with Crippen LogP contribution in [0.1, 0.15) is 19.3 Å². The lowest BCUT2D eigenvalue weighted by Gasteiger charge is -2.25. The number of fused-ring (bicyclic) bond motifs is 1. The molecule has 0 unspecified atom stereocenters. The van der Waals surface area contributed by atoms with Gasteiger partial charge in [-0.2, -0.15) is 0 Å². The van der Waals surface area contributed by atoms with Crippen LogP contribution in [0.4, 0.5) is 14.5 Å². The zero-order valence-corrected chi connectivity index (χ0v) is 11.4. The van der Waals surface area contributed by atoms with E-state index in [-0.39, 0.29) is 17.6 Å². The summed E-state index contributed by atoms with van der Waals surface area (Å²) in [5, 5.41) is 3.25. The molecule has 3 rings (SSSR count). The number of nitrogens with zero attached hydrogens (tertiary/aromatic N) is 1. The summed E-state index contributed by atoms with van der Waals surface area (Å²) in [5.41, 5.74) is 0.125. The Balaban J connectivity index is 1.79. The average Bonchev–Trinajstić information content (AvgIpc) is 2.99. The SMILES string of the molecule is CN(C(=O)[C@H]1NC[C@@H]2CCC[C@@H]21)c1ccc(F)cc1F. The first-order valence-corrected chi connectivity index (χ1v) is 7.04. The Bertz CT molecular complexity index is 535. The van der Waals surface area contributed by atoms with Gasteiger partial charge in [0, 0.05) is 13.1 Å². The van der Waals surface area contributed by atoms with Crippen LogP contribution in [0.3, 0.4) is 0 Å². The molecule has 2 aliphatic rings. The summed E-state index contributed by atoms with van der Waals surface area (Å²) in [4.78, 5) is 13.8. The Kier molecular flexibility index (Phi) is 3.46. The van der Waals surface area contributed by atoms with Gasteiger partial charge in [0.15, 0.2) is 0 Å². The Hall–Kier alpha value is -1.49. The highest BCUT2D eigenvalue weighted by Crippen LogP contribution is 2.38. The van der Waals surface area contributed by atoms with E-state index in [1.807, 2.05) is 0 Å². The van der Waals surface area contributed by atoms with E-state index in [1.165, 1.54) is 17.0 Å². The summed E-state index contributed by atoms with van der Waals surface area (Å²) < 4.78 is 26.7. The van der Waals surface area contributed by atoms with Crippen LogP contribution in [0.5, 0.6) is 0 Å². The van der Waals surface area contributed by atoms with Crippen molar-refractivity contribution >= 4 is 11.6 Å². The smallest absolute Gasteiger partial charge is 0.244 e. The van der Waals surface area contributed by atoms with Gasteiger partial charge in [0.25, 0.3) is 0 Å². The van der Waals surface area contributed by atoms with Gasteiger partial charge in [-0.05, 0) is 43.4 Å². The third-order valence-electron chi connectivity index (χ3n) is 4.61. The van der Waals surface area contributed by atoms with Gasteiger partial charge in [0.05, 0.1) is 11.7 Å². The second-order valence-corrected chi connectivity index (χ2v) is 5.73. The molecule has 0 radical (unpaired) electrons. The molecule has 2 fully saturated rings. The first kappa shape index (κ1) is 13.5. The molecule has 1 N–H and O–H groups in total. The molecule has 5 heteroatoms. The summed E-state index contributed by atoms with van der Waals surface area (Å²) in [7, 11) is 1.54. The standard InChI is InChI=1S/C15H18F2N2O/c1-19(13-6-5-10(16)7-12(13)17)15(20)14-11-4-2-3-9(11)8-18-14/h5-7,9,11,14,18H,2-4,8H2,1H3/t9-,11-,14-/m0/s1. The largest absolute Gasteiger partial charge is 0.311 e. The first-order chi connectivity index (χ1) is 9.58. The number of rotatable bonds is 2. The predicted octanol–water partition coefficient (Wildman–Crippen LogP) is 2.32. The van der Waals surface area contributed by atoms with E-state index in [9.17, 15) is 13.6 Å². The maximum Gasteiger partial charge on any atom is 0.244 e. The van der Waals surface area contributed by atoms with E-state index in [0.29, 0.717) is 11.8 Å². The number of carbonyl (C=O) groups is 1. The van der Waals surface area contributed by atoms with Crippen LogP contribution in [0.25, 0.3) is 0 Å². The van der Waals surface area contributed by atoms with Gasteiger partial charge in [0.2, 0.25) is 5.91 Å². The van der Waals surface area contributed by atoms with Crippen molar-refractivity contribution in [2.75, 3.05) is 18.5 Å². The third kappa shape index (κ3) is 2.20. The maximum atomic E-state index is 13.8. The average molecular weight is 280 g/mol. The van der Waals surface area contributed by atoms with Gasteiger partial charge in [-0.25, -0.2) is 8.78 Å². The zero-order chi connectivity index (χ0) is 14.3. The molecule has 1 saturated heterocycles. The maximum absolute atomic E-state index is 13.8. The Labute approximate surface area is 117 Å². The van der Waals surface area contributed by atoms with Crippen molar-refractivity contribution in [3.05, 3.63) is 29.8 Å². The molecule has 1 heterocycles. The molecule has 1 aromatic rings. The third-order valence-corrected chi connectivity index (χ3v) is 4.61. The van der Waals surface area contributed by atoms with E-state index < -0.39 is 11.6 Å². The van der Waals surface area contributed by atoms with E-state index in [1.54, 1.807) is 7.05 Å². The molecule has 0 aromatic heterocycles. The zero-order valence-electron chi connectivity index (χ0n) is 11.4. The van der Waals surface area contributed by atoms with Crippen LogP contribution in [-0.4, -0.2) is 25.5 Å². The Morgan fingerprint density at radius 2 is 2.15 bits per heavy atom. The molecule has 20 heavy (non-hydrogen) atoms. The lowest BCUT2D eigenvalue weighted by Crippen LogP contribution is -2.45. The van der Waals surface area contributed by atoms with Crippen molar-refractivity contribution in [1.82, 2.24) is 5.32 Å². The van der Waals surface area contributed by atoms with Crippen molar-refractivity contribution in [3.63, 3.8) is 0 Å². The van der Waals surface area contributed by atoms with Crippen molar-refractivity contribution in [1.29, 1.82) is 0 Å². The van der Waals surface area contributed by atoms with E-state index in [0.717, 1.165) is 31.9 Å². The number of halogens is 2. The fourth-order valence-electron chi connectivity index (χ4n) is 3.54. The summed E-state index contributed by atoms with van der Waals surface area (Å²) in [6.07, 6.45) is 3.37. The van der Waals surface area contributed by atoms with Gasteiger partial charge in [-0.1, -0.05) is 6.42 Å². The number of carbonyl (C=O) groups excluding carboxylic acids is 1. The van der Waals surface area contributed by atoms with Gasteiger partial charge in [-0.15, -0.1) is 0 Å². The number of amides is 1. The van der Waals surface area contributed by atoms with Gasteiger partial charge in [0.1, 0.15) is 11.6 Å². The first-order valence-electron chi connectivity index (χ1n) is 7.04. The summed E-state index contributed by atoms with van der Waals surface area (Å²) in [6.45, 7) is 0.862. The lowest BCUT2D eigenvalue weighted by atomic mass is 9.93. The Morgan fingerprint density at radius 3 is 2.90 bits per heavy atom. The molecular weight excluding hydrogens is 262 g/mol. The molecule has 0 spiro atoms. The quantitative estimate of drug-likeness (QED) is 0.901. The fraction of sp³-hybridized carbons (Fsp3) is 0.533. The minimum atomic E-state index is -0.707. The molecule has 1 aromatic carbocycles. The summed E-state index contributed by atoms with van der Waals surface area (Å²) >= 11 is 0. The van der Waals surface area contributed by atoms with E-state index in [4.69, 9.17) is 0 Å². The normalized spacial score (nSPS) is 28.4. The van der Waals surface area contributed by atoms with Gasteiger partial charge in [-0.3, -0.25) is 4.79 Å². The molecule has 108 valence electrons. The predicted molar refractivity (Wildman–Crippen MR) is 72.4 cm³/mol. The van der Waals surface area contributed by atoms with Crippen molar-refractivity contribution < 1.29 is 13.6 Å². The van der Waals surface area contributed by atoms with Crippen LogP contribution in [0.15, 0.2) is 18.2 Å². The highest BCUT2D eigenvalue weighted by molar-refractivity contribution is 5.97. The van der Waals surface area contributed by atoms with Gasteiger partial charge >= 0.3 is 0 Å². The molecule has 0 bridgehead atoms. The number of anilines is 1. The van der Waals surface area contributed by atoms with Crippen LogP contribution in [0, 0.1) is 23.5 Å². The molecule has 1 saturated carbocycles. The van der Waals surface area contributed by atoms with E-state index in [2.05, 4.69) is 5.32 Å². The number of likely N-dealkylation sites (N-methyl/N-ethyl adjacent to an activating group) is 1. The van der Waals surface area contributed by atoms with Crippen molar-refractivity contribution in [2.45, 2.75) is 25.3 Å². The number of benzene rings is 1.